The molecule has 34 heavy (non-hydrogen) atoms. The molecule has 4 rings (SSSR count). The summed E-state index contributed by atoms with van der Waals surface area (Å²) in [6.45, 7) is 1.65. The van der Waals surface area contributed by atoms with Crippen molar-refractivity contribution < 1.29 is 17.4 Å². The molecule has 0 radical (unpaired) electrons. The molecule has 0 amide bonds. The maximum Gasteiger partial charge on any atom is 0.266 e. The molecule has 1 atom stereocenters. The van der Waals surface area contributed by atoms with Crippen LogP contribution in [0, 0.1) is 5.82 Å². The Morgan fingerprint density at radius 3 is 2.53 bits per heavy atom. The van der Waals surface area contributed by atoms with E-state index in [1.807, 2.05) is 0 Å². The number of nitrogens with one attached hydrogen (secondary N) is 1. The summed E-state index contributed by atoms with van der Waals surface area (Å²) in [6, 6.07) is 4.96. The summed E-state index contributed by atoms with van der Waals surface area (Å²) < 4.78 is 59.0. The number of nitrogens with zero attached hydrogens (tertiary/aromatic N) is 4. The first-order valence-corrected chi connectivity index (χ1v) is 12.8. The maximum atomic E-state index is 14.7. The highest BCUT2D eigenvalue weighted by Gasteiger charge is 2.27. The van der Waals surface area contributed by atoms with Crippen molar-refractivity contribution in [1.29, 1.82) is 0 Å². The molecule has 0 spiro atoms. The number of hydrogen-bond donors (Lipinski definition) is 1. The molecule has 1 aliphatic rings. The zero-order chi connectivity index (χ0) is 24.6. The summed E-state index contributed by atoms with van der Waals surface area (Å²) in [5.74, 6) is 0.186. The van der Waals surface area contributed by atoms with Gasteiger partial charge in [-0.25, -0.2) is 31.7 Å². The lowest BCUT2D eigenvalue weighted by molar-refractivity contribution is 0.146. The molecule has 1 fully saturated rings. The first kappa shape index (κ1) is 24.2. The lowest BCUT2D eigenvalue weighted by Crippen LogP contribution is -2.29. The van der Waals surface area contributed by atoms with Gasteiger partial charge >= 0.3 is 0 Å². The minimum Gasteiger partial charge on any atom is -0.363 e. The average molecular weight is 494 g/mol. The molecule has 0 aliphatic carbocycles. The zero-order valence-electron chi connectivity index (χ0n) is 19.1. The first-order chi connectivity index (χ1) is 16.1. The molecule has 2 aromatic heterocycles. The normalized spacial score (nSPS) is 21.6. The maximum absolute atomic E-state index is 14.7. The van der Waals surface area contributed by atoms with Crippen molar-refractivity contribution >= 4 is 26.6 Å². The van der Waals surface area contributed by atoms with Gasteiger partial charge in [0.15, 0.2) is 0 Å². The van der Waals surface area contributed by atoms with Gasteiger partial charge in [-0.05, 0) is 31.7 Å². The van der Waals surface area contributed by atoms with Gasteiger partial charge in [0.1, 0.15) is 23.6 Å². The van der Waals surface area contributed by atoms with E-state index in [2.05, 4.69) is 19.6 Å². The van der Waals surface area contributed by atoms with E-state index >= 15 is 0 Å². The Morgan fingerprint density at radius 2 is 1.88 bits per heavy atom. The van der Waals surface area contributed by atoms with Crippen LogP contribution in [-0.2, 0) is 16.8 Å². The second kappa shape index (κ2) is 9.36. The lowest BCUT2D eigenvalue weighted by Gasteiger charge is -2.25. The Labute approximate surface area is 195 Å². The molecule has 11 heteroatoms. The molecule has 0 bridgehead atoms. The molecule has 7 nitrogen and oxygen atoms in total. The van der Waals surface area contributed by atoms with Gasteiger partial charge in [0.05, 0.1) is 17.0 Å². The minimum absolute atomic E-state index is 0.0786. The van der Waals surface area contributed by atoms with E-state index in [0.717, 1.165) is 6.07 Å². The van der Waals surface area contributed by atoms with Gasteiger partial charge in [-0.1, -0.05) is 18.2 Å². The monoisotopic (exact) mass is 493 g/mol. The fourth-order valence-electron chi connectivity index (χ4n) is 4.45. The molecular weight excluding hydrogens is 467 g/mol. The van der Waals surface area contributed by atoms with Gasteiger partial charge in [-0.3, -0.25) is 9.36 Å². The van der Waals surface area contributed by atoms with Crippen molar-refractivity contribution in [3.05, 3.63) is 63.5 Å². The number of fused-ring (bicyclic) bond motifs is 1. The summed E-state index contributed by atoms with van der Waals surface area (Å²) in [6.07, 6.45) is -0.471. The first-order valence-electron chi connectivity index (χ1n) is 10.9. The van der Waals surface area contributed by atoms with Gasteiger partial charge in [0.25, 0.3) is 12.0 Å². The van der Waals surface area contributed by atoms with Crippen LogP contribution in [0.2, 0.25) is 0 Å². The van der Waals surface area contributed by atoms with Crippen LogP contribution < -0.4 is 10.9 Å². The van der Waals surface area contributed by atoms with Gasteiger partial charge in [-0.2, -0.15) is 0 Å². The van der Waals surface area contributed by atoms with Crippen LogP contribution in [-0.4, -0.2) is 37.3 Å². The van der Waals surface area contributed by atoms with E-state index in [-0.39, 0.29) is 17.0 Å². The van der Waals surface area contributed by atoms with E-state index in [0.29, 0.717) is 46.8 Å². The number of halogens is 3. The third-order valence-electron chi connectivity index (χ3n) is 6.49. The number of hydrogen-bond acceptors (Lipinski definition) is 6. The Hall–Kier alpha value is -2.95. The molecule has 3 heterocycles. The van der Waals surface area contributed by atoms with Crippen LogP contribution in [0.1, 0.15) is 54.8 Å². The number of pyridine rings is 1. The quantitative estimate of drug-likeness (QED) is 0.563. The Kier molecular flexibility index (Phi) is 6.66. The number of aryl methyl sites for hydroxylation is 1. The third kappa shape index (κ3) is 4.40. The molecule has 1 saturated heterocycles. The molecular formula is C23H26F3N5O2S. The summed E-state index contributed by atoms with van der Waals surface area (Å²) in [5, 5.41) is 3.65. The number of rotatable bonds is 5. The number of anilines is 1. The van der Waals surface area contributed by atoms with Crippen LogP contribution >= 0.6 is 0 Å². The summed E-state index contributed by atoms with van der Waals surface area (Å²) in [7, 11) is 0.969. The van der Waals surface area contributed by atoms with Crippen molar-refractivity contribution in [2.75, 3.05) is 23.9 Å². The summed E-state index contributed by atoms with van der Waals surface area (Å²) in [5.41, 5.74) is 0.205. The predicted molar refractivity (Wildman–Crippen MR) is 126 cm³/mol. The largest absolute Gasteiger partial charge is 0.363 e. The standard InChI is InChI=1S/C23H26F3N5O2S/c1-13(15-5-4-6-16(19(15)24)20(25)26)30-21-18-11-17(14-7-9-34(33,27-2)10-8-14)23(32)31(3)22(18)29-12-28-21/h4-6,11-14,20H,7-10H2,1-3H3,(H,28,29,30)/t13-,14?,34?/m1/s1. The smallest absolute Gasteiger partial charge is 0.266 e. The zero-order valence-corrected chi connectivity index (χ0v) is 19.9. The molecule has 0 unspecified atom stereocenters. The third-order valence-corrected chi connectivity index (χ3v) is 8.90. The van der Waals surface area contributed by atoms with Crippen LogP contribution in [0.15, 0.2) is 39.8 Å². The number of alkyl halides is 2. The van der Waals surface area contributed by atoms with E-state index in [4.69, 9.17) is 0 Å². The Bertz CT molecular complexity index is 1400. The molecule has 1 aliphatic heterocycles. The number of aromatic nitrogens is 3. The number of benzene rings is 1. The van der Waals surface area contributed by atoms with E-state index in [1.54, 1.807) is 27.1 Å². The molecule has 0 saturated carbocycles. The van der Waals surface area contributed by atoms with Crippen molar-refractivity contribution in [3.63, 3.8) is 0 Å². The van der Waals surface area contributed by atoms with Crippen LogP contribution in [0.5, 0.6) is 0 Å². The lowest BCUT2D eigenvalue weighted by atomic mass is 9.94. The summed E-state index contributed by atoms with van der Waals surface area (Å²) >= 11 is 0. The molecule has 1 aromatic carbocycles. The van der Waals surface area contributed by atoms with Crippen molar-refractivity contribution in [2.45, 2.75) is 38.2 Å². The van der Waals surface area contributed by atoms with Crippen LogP contribution in [0.4, 0.5) is 19.0 Å². The van der Waals surface area contributed by atoms with E-state index in [9.17, 15) is 22.2 Å². The summed E-state index contributed by atoms with van der Waals surface area (Å²) in [4.78, 5) is 21.6. The van der Waals surface area contributed by atoms with E-state index < -0.39 is 33.6 Å². The predicted octanol–water partition coefficient (Wildman–Crippen LogP) is 4.55. The average Bonchev–Trinajstić information content (AvgIpc) is 2.82. The fraction of sp³-hybridized carbons (Fsp3) is 0.435. The molecule has 1 N–H and O–H groups in total. The Balaban J connectivity index is 1.73. The van der Waals surface area contributed by atoms with E-state index in [1.165, 1.54) is 23.0 Å². The van der Waals surface area contributed by atoms with Gasteiger partial charge in [-0.15, -0.1) is 0 Å². The SMILES string of the molecule is CN=S1(=O)CCC(c2cc3c(N[C@H](C)c4cccc(C(F)F)c4F)ncnc3n(C)c2=O)CC1. The minimum atomic E-state index is -2.92. The molecule has 182 valence electrons. The van der Waals surface area contributed by atoms with Crippen molar-refractivity contribution in [3.8, 4) is 0 Å². The second-order valence-electron chi connectivity index (χ2n) is 8.48. The topological polar surface area (TPSA) is 89.2 Å². The highest BCUT2D eigenvalue weighted by molar-refractivity contribution is 7.93. The van der Waals surface area contributed by atoms with Gasteiger partial charge in [0, 0.05) is 46.5 Å². The van der Waals surface area contributed by atoms with Crippen LogP contribution in [0.3, 0.4) is 0 Å². The van der Waals surface area contributed by atoms with Crippen molar-refractivity contribution in [2.24, 2.45) is 11.4 Å². The van der Waals surface area contributed by atoms with Crippen molar-refractivity contribution in [1.82, 2.24) is 14.5 Å². The van der Waals surface area contributed by atoms with Crippen LogP contribution in [0.25, 0.3) is 11.0 Å². The highest BCUT2D eigenvalue weighted by atomic mass is 32.2. The van der Waals surface area contributed by atoms with Gasteiger partial charge < -0.3 is 5.32 Å². The second-order valence-corrected chi connectivity index (χ2v) is 11.2. The fourth-order valence-corrected chi connectivity index (χ4v) is 6.32. The molecule has 3 aromatic rings. The highest BCUT2D eigenvalue weighted by Crippen LogP contribution is 2.32. The Morgan fingerprint density at radius 1 is 1.21 bits per heavy atom. The van der Waals surface area contributed by atoms with Gasteiger partial charge in [0.2, 0.25) is 0 Å².